The lowest BCUT2D eigenvalue weighted by Crippen LogP contribution is -2.22. The molecule has 2 aromatic carbocycles. The van der Waals surface area contributed by atoms with Crippen molar-refractivity contribution in [2.24, 2.45) is 0 Å². The maximum atomic E-state index is 12.1. The van der Waals surface area contributed by atoms with E-state index in [9.17, 15) is 4.79 Å². The summed E-state index contributed by atoms with van der Waals surface area (Å²) in [5.41, 5.74) is 1.55. The molecule has 118 valence electrons. The predicted molar refractivity (Wildman–Crippen MR) is 94.0 cm³/mol. The third-order valence-electron chi connectivity index (χ3n) is 3.54. The lowest BCUT2D eigenvalue weighted by Gasteiger charge is -2.17. The first-order valence-electron chi connectivity index (χ1n) is 7.13. The highest BCUT2D eigenvalue weighted by molar-refractivity contribution is 6.35. The number of aromatic amines is 1. The quantitative estimate of drug-likeness (QED) is 0.779. The minimum Gasteiger partial charge on any atom is -0.309 e. The van der Waals surface area contributed by atoms with Gasteiger partial charge in [-0.1, -0.05) is 41.4 Å². The molecular formula is C17H15Cl2N3O. The van der Waals surface area contributed by atoms with Gasteiger partial charge in [0.05, 0.1) is 17.4 Å². The number of rotatable bonds is 4. The zero-order chi connectivity index (χ0) is 16.4. The van der Waals surface area contributed by atoms with Crippen LogP contribution in [0.5, 0.6) is 0 Å². The van der Waals surface area contributed by atoms with Gasteiger partial charge in [-0.3, -0.25) is 9.69 Å². The molecule has 0 bridgehead atoms. The van der Waals surface area contributed by atoms with Crippen molar-refractivity contribution in [3.63, 3.8) is 0 Å². The predicted octanol–water partition coefficient (Wildman–Crippen LogP) is 3.86. The van der Waals surface area contributed by atoms with E-state index in [4.69, 9.17) is 23.2 Å². The second kappa shape index (κ2) is 6.71. The molecule has 1 aromatic heterocycles. The van der Waals surface area contributed by atoms with Gasteiger partial charge in [-0.2, -0.15) is 0 Å². The van der Waals surface area contributed by atoms with Crippen molar-refractivity contribution in [1.82, 2.24) is 14.9 Å². The number of hydrogen-bond acceptors (Lipinski definition) is 3. The first-order valence-corrected chi connectivity index (χ1v) is 7.89. The fourth-order valence-electron chi connectivity index (χ4n) is 2.46. The highest BCUT2D eigenvalue weighted by Crippen LogP contribution is 2.22. The second-order valence-electron chi connectivity index (χ2n) is 5.44. The smallest absolute Gasteiger partial charge is 0.258 e. The van der Waals surface area contributed by atoms with E-state index in [-0.39, 0.29) is 5.56 Å². The largest absolute Gasteiger partial charge is 0.309 e. The number of hydrogen-bond donors (Lipinski definition) is 1. The van der Waals surface area contributed by atoms with Gasteiger partial charge in [0.2, 0.25) is 0 Å². The monoisotopic (exact) mass is 347 g/mol. The molecule has 0 spiro atoms. The highest BCUT2D eigenvalue weighted by atomic mass is 35.5. The van der Waals surface area contributed by atoms with Crippen LogP contribution in [0.25, 0.3) is 10.9 Å². The normalized spacial score (nSPS) is 11.3. The van der Waals surface area contributed by atoms with Crippen LogP contribution in [-0.2, 0) is 13.1 Å². The molecule has 0 aliphatic heterocycles. The molecule has 4 nitrogen and oxygen atoms in total. The average Bonchev–Trinajstić information content (AvgIpc) is 2.50. The van der Waals surface area contributed by atoms with Gasteiger partial charge in [0.15, 0.2) is 0 Å². The summed E-state index contributed by atoms with van der Waals surface area (Å²) in [5.74, 6) is 0.626. The summed E-state index contributed by atoms with van der Waals surface area (Å²) in [4.78, 5) is 21.4. The van der Waals surface area contributed by atoms with Crippen LogP contribution in [0.1, 0.15) is 11.4 Å². The molecule has 23 heavy (non-hydrogen) atoms. The SMILES string of the molecule is CN(Cc1nc2ccccc2c(=O)[nH]1)Cc1ccc(Cl)cc1Cl. The van der Waals surface area contributed by atoms with Crippen LogP contribution in [-0.4, -0.2) is 21.9 Å². The minimum absolute atomic E-state index is 0.122. The Morgan fingerprint density at radius 1 is 1.13 bits per heavy atom. The van der Waals surface area contributed by atoms with Gasteiger partial charge in [0.25, 0.3) is 5.56 Å². The number of nitrogens with one attached hydrogen (secondary N) is 1. The van der Waals surface area contributed by atoms with Crippen LogP contribution < -0.4 is 5.56 Å². The van der Waals surface area contributed by atoms with E-state index in [1.165, 1.54) is 0 Å². The van der Waals surface area contributed by atoms with E-state index in [2.05, 4.69) is 9.97 Å². The number of aromatic nitrogens is 2. The zero-order valence-electron chi connectivity index (χ0n) is 12.5. The number of halogens is 2. The Morgan fingerprint density at radius 2 is 1.91 bits per heavy atom. The Bertz CT molecular complexity index is 908. The van der Waals surface area contributed by atoms with Crippen LogP contribution in [0.15, 0.2) is 47.3 Å². The van der Waals surface area contributed by atoms with Crippen LogP contribution in [0.3, 0.4) is 0 Å². The molecule has 3 rings (SSSR count). The van der Waals surface area contributed by atoms with E-state index in [0.717, 1.165) is 5.56 Å². The van der Waals surface area contributed by atoms with Crippen LogP contribution in [0, 0.1) is 0 Å². The Morgan fingerprint density at radius 3 is 2.70 bits per heavy atom. The lowest BCUT2D eigenvalue weighted by molar-refractivity contribution is 0.311. The van der Waals surface area contributed by atoms with Crippen molar-refractivity contribution < 1.29 is 0 Å². The van der Waals surface area contributed by atoms with Crippen LogP contribution in [0.4, 0.5) is 0 Å². The van der Waals surface area contributed by atoms with E-state index >= 15 is 0 Å². The summed E-state index contributed by atoms with van der Waals surface area (Å²) in [6.07, 6.45) is 0. The topological polar surface area (TPSA) is 49.0 Å². The molecule has 0 aliphatic carbocycles. The molecule has 0 saturated carbocycles. The summed E-state index contributed by atoms with van der Waals surface area (Å²) in [6, 6.07) is 12.7. The van der Waals surface area contributed by atoms with Crippen LogP contribution >= 0.6 is 23.2 Å². The number of para-hydroxylation sites is 1. The Kier molecular flexibility index (Phi) is 4.66. The minimum atomic E-state index is -0.122. The first kappa shape index (κ1) is 16.0. The van der Waals surface area contributed by atoms with Gasteiger partial charge in [-0.15, -0.1) is 0 Å². The third kappa shape index (κ3) is 3.72. The Balaban J connectivity index is 1.80. The number of H-pyrrole nitrogens is 1. The molecule has 6 heteroatoms. The van der Waals surface area contributed by atoms with Gasteiger partial charge < -0.3 is 4.98 Å². The molecular weight excluding hydrogens is 333 g/mol. The molecule has 0 atom stereocenters. The van der Waals surface area contributed by atoms with Crippen LogP contribution in [0.2, 0.25) is 10.0 Å². The molecule has 3 aromatic rings. The van der Waals surface area contributed by atoms with Gasteiger partial charge in [-0.25, -0.2) is 4.98 Å². The fraction of sp³-hybridized carbons (Fsp3) is 0.176. The van der Waals surface area contributed by atoms with Gasteiger partial charge in [-0.05, 0) is 36.9 Å². The first-order chi connectivity index (χ1) is 11.0. The summed E-state index contributed by atoms with van der Waals surface area (Å²) in [6.45, 7) is 1.14. The average molecular weight is 348 g/mol. The number of benzene rings is 2. The molecule has 0 fully saturated rings. The molecule has 1 N–H and O–H groups in total. The maximum Gasteiger partial charge on any atom is 0.258 e. The molecule has 1 heterocycles. The second-order valence-corrected chi connectivity index (χ2v) is 6.28. The van der Waals surface area contributed by atoms with E-state index in [1.54, 1.807) is 12.1 Å². The van der Waals surface area contributed by atoms with E-state index in [1.807, 2.05) is 42.3 Å². The number of nitrogens with zero attached hydrogens (tertiary/aromatic N) is 2. The Labute approximate surface area is 143 Å². The molecule has 0 aliphatic rings. The summed E-state index contributed by atoms with van der Waals surface area (Å²) in [7, 11) is 1.94. The summed E-state index contributed by atoms with van der Waals surface area (Å²) >= 11 is 12.1. The summed E-state index contributed by atoms with van der Waals surface area (Å²) in [5, 5.41) is 1.84. The van der Waals surface area contributed by atoms with E-state index in [0.29, 0.717) is 39.9 Å². The molecule has 0 amide bonds. The molecule has 0 unspecified atom stereocenters. The van der Waals surface area contributed by atoms with Crippen molar-refractivity contribution in [3.8, 4) is 0 Å². The van der Waals surface area contributed by atoms with Crippen molar-refractivity contribution in [2.75, 3.05) is 7.05 Å². The molecule has 0 radical (unpaired) electrons. The zero-order valence-corrected chi connectivity index (χ0v) is 14.0. The third-order valence-corrected chi connectivity index (χ3v) is 4.12. The van der Waals surface area contributed by atoms with E-state index < -0.39 is 0 Å². The van der Waals surface area contributed by atoms with Gasteiger partial charge in [0, 0.05) is 16.6 Å². The molecule has 0 saturated heterocycles. The van der Waals surface area contributed by atoms with Crippen molar-refractivity contribution >= 4 is 34.1 Å². The van der Waals surface area contributed by atoms with Gasteiger partial charge in [0.1, 0.15) is 5.82 Å². The lowest BCUT2D eigenvalue weighted by atomic mass is 10.2. The number of fused-ring (bicyclic) bond motifs is 1. The standard InChI is InChI=1S/C17H15Cl2N3O/c1-22(9-11-6-7-12(18)8-14(11)19)10-16-20-15-5-3-2-4-13(15)17(23)21-16/h2-8H,9-10H2,1H3,(H,20,21,23). The van der Waals surface area contributed by atoms with Crippen molar-refractivity contribution in [2.45, 2.75) is 13.1 Å². The van der Waals surface area contributed by atoms with Crippen molar-refractivity contribution in [1.29, 1.82) is 0 Å². The van der Waals surface area contributed by atoms with Gasteiger partial charge >= 0.3 is 0 Å². The highest BCUT2D eigenvalue weighted by Gasteiger charge is 2.09. The summed E-state index contributed by atoms with van der Waals surface area (Å²) < 4.78 is 0. The Hall–Kier alpha value is -1.88. The maximum absolute atomic E-state index is 12.1. The van der Waals surface area contributed by atoms with Crippen molar-refractivity contribution in [3.05, 3.63) is 74.3 Å². The fourth-order valence-corrected chi connectivity index (χ4v) is 2.93.